The lowest BCUT2D eigenvalue weighted by molar-refractivity contribution is -0.173. The largest absolute Gasteiger partial charge is 0.479 e. The van der Waals surface area contributed by atoms with E-state index in [9.17, 15) is 14.7 Å². The molecule has 1 aromatic rings. The molecule has 1 saturated carbocycles. The van der Waals surface area contributed by atoms with E-state index in [0.717, 1.165) is 26.1 Å². The van der Waals surface area contributed by atoms with Crippen LogP contribution in [0.2, 0.25) is 0 Å². The van der Waals surface area contributed by atoms with E-state index < -0.39 is 11.5 Å². The first kappa shape index (κ1) is 14.1. The smallest absolute Gasteiger partial charge is 0.330 e. The molecule has 112 valence electrons. The van der Waals surface area contributed by atoms with Gasteiger partial charge in [-0.05, 0) is 12.0 Å². The third-order valence-corrected chi connectivity index (χ3v) is 4.80. The van der Waals surface area contributed by atoms with Crippen LogP contribution in [0.3, 0.4) is 0 Å². The maximum Gasteiger partial charge on any atom is 0.330 e. The molecule has 5 heteroatoms. The molecule has 2 bridgehead atoms. The van der Waals surface area contributed by atoms with Crippen LogP contribution < -0.4 is 5.32 Å². The topological polar surface area (TPSA) is 69.6 Å². The summed E-state index contributed by atoms with van der Waals surface area (Å²) in [6, 6.07) is 10.2. The first-order valence-corrected chi connectivity index (χ1v) is 7.31. The van der Waals surface area contributed by atoms with Gasteiger partial charge in [-0.3, -0.25) is 9.69 Å². The van der Waals surface area contributed by atoms with Crippen molar-refractivity contribution in [3.63, 3.8) is 0 Å². The molecule has 2 saturated heterocycles. The van der Waals surface area contributed by atoms with Crippen LogP contribution in [0.4, 0.5) is 0 Å². The summed E-state index contributed by atoms with van der Waals surface area (Å²) >= 11 is 0. The molecule has 5 nitrogen and oxygen atoms in total. The van der Waals surface area contributed by atoms with Crippen LogP contribution in [0.25, 0.3) is 0 Å². The zero-order chi connectivity index (χ0) is 15.0. The summed E-state index contributed by atoms with van der Waals surface area (Å²) in [5, 5.41) is 12.3. The van der Waals surface area contributed by atoms with Gasteiger partial charge in [0.05, 0.1) is 0 Å². The molecule has 3 fully saturated rings. The fraction of sp³-hybridized carbons (Fsp3) is 0.500. The Hall–Kier alpha value is -1.88. The number of amides is 1. The van der Waals surface area contributed by atoms with E-state index in [1.165, 1.54) is 12.5 Å². The number of carbonyl (C=O) groups excluding carboxylic acids is 1. The average molecular weight is 288 g/mol. The van der Waals surface area contributed by atoms with Gasteiger partial charge in [-0.1, -0.05) is 30.3 Å². The summed E-state index contributed by atoms with van der Waals surface area (Å²) in [5.41, 5.74) is 0.193. The second kappa shape index (κ2) is 5.15. The van der Waals surface area contributed by atoms with Crippen LogP contribution in [0.1, 0.15) is 18.9 Å². The minimum atomic E-state index is -1.04. The number of nitrogens with zero attached hydrogens (tertiary/aromatic N) is 1. The molecule has 1 aliphatic carbocycles. The van der Waals surface area contributed by atoms with Gasteiger partial charge in [-0.2, -0.15) is 0 Å². The Morgan fingerprint density at radius 3 is 2.43 bits per heavy atom. The van der Waals surface area contributed by atoms with Crippen LogP contribution >= 0.6 is 0 Å². The van der Waals surface area contributed by atoms with Gasteiger partial charge in [0.2, 0.25) is 5.91 Å². The molecule has 0 radical (unpaired) electrons. The summed E-state index contributed by atoms with van der Waals surface area (Å²) < 4.78 is 0. The van der Waals surface area contributed by atoms with Gasteiger partial charge in [-0.15, -0.1) is 0 Å². The predicted octanol–water partition coefficient (Wildman–Crippen LogP) is 1.10. The standard InChI is InChI=1S/C16H20N2O3/c1-11(19)17-16(15(20)21)13-7-14(16)10-18(9-13)8-12-5-3-2-4-6-12/h2-6,13-14H,7-10H2,1H3,(H,17,19)(H,20,21). The van der Waals surface area contributed by atoms with Gasteiger partial charge in [0, 0.05) is 38.4 Å². The molecule has 2 heterocycles. The Kier molecular flexibility index (Phi) is 3.45. The molecular weight excluding hydrogens is 268 g/mol. The van der Waals surface area contributed by atoms with Crippen molar-refractivity contribution in [1.82, 2.24) is 10.2 Å². The number of piperidine rings is 2. The number of aliphatic carboxylic acids is 1. The second-order valence-corrected chi connectivity index (χ2v) is 6.16. The van der Waals surface area contributed by atoms with Gasteiger partial charge in [-0.25, -0.2) is 4.79 Å². The minimum Gasteiger partial charge on any atom is -0.479 e. The molecule has 21 heavy (non-hydrogen) atoms. The fourth-order valence-electron chi connectivity index (χ4n) is 3.89. The number of carboxylic acid groups (broad SMARTS) is 1. The van der Waals surface area contributed by atoms with Crippen molar-refractivity contribution < 1.29 is 14.7 Å². The van der Waals surface area contributed by atoms with Gasteiger partial charge in [0.15, 0.2) is 0 Å². The van der Waals surface area contributed by atoms with Crippen LogP contribution in [0.15, 0.2) is 30.3 Å². The Bertz CT molecular complexity index is 546. The van der Waals surface area contributed by atoms with E-state index in [0.29, 0.717) is 0 Å². The van der Waals surface area contributed by atoms with Crippen LogP contribution in [-0.4, -0.2) is 40.5 Å². The van der Waals surface area contributed by atoms with E-state index in [1.807, 2.05) is 18.2 Å². The Morgan fingerprint density at radius 1 is 1.29 bits per heavy atom. The van der Waals surface area contributed by atoms with Gasteiger partial charge >= 0.3 is 5.97 Å². The molecule has 0 aromatic heterocycles. The maximum atomic E-state index is 11.7. The number of hydrogen-bond acceptors (Lipinski definition) is 3. The highest BCUT2D eigenvalue weighted by atomic mass is 16.4. The number of rotatable bonds is 4. The number of carboxylic acids is 1. The highest BCUT2D eigenvalue weighted by Gasteiger charge is 2.64. The lowest BCUT2D eigenvalue weighted by Crippen LogP contribution is -2.77. The molecule has 2 unspecified atom stereocenters. The summed E-state index contributed by atoms with van der Waals surface area (Å²) in [5.74, 6) is -1.15. The van der Waals surface area contributed by atoms with E-state index in [4.69, 9.17) is 0 Å². The summed E-state index contributed by atoms with van der Waals surface area (Å²) in [6.07, 6.45) is 0.887. The molecule has 2 atom stereocenters. The summed E-state index contributed by atoms with van der Waals surface area (Å²) in [6.45, 7) is 3.67. The third-order valence-electron chi connectivity index (χ3n) is 4.80. The molecule has 4 rings (SSSR count). The normalized spacial score (nSPS) is 31.3. The number of benzene rings is 1. The first-order chi connectivity index (χ1) is 10.0. The average Bonchev–Trinajstić information content (AvgIpc) is 2.45. The van der Waals surface area contributed by atoms with Crippen molar-refractivity contribution in [2.45, 2.75) is 25.4 Å². The molecule has 1 aromatic carbocycles. The molecular formula is C16H20N2O3. The minimum absolute atomic E-state index is 0.00126. The number of nitrogens with one attached hydrogen (secondary N) is 1. The Balaban J connectivity index is 1.71. The number of fused-ring (bicyclic) bond motifs is 2. The molecule has 2 N–H and O–H groups in total. The van der Waals surface area contributed by atoms with Crippen LogP contribution in [0.5, 0.6) is 0 Å². The maximum absolute atomic E-state index is 11.7. The Morgan fingerprint density at radius 2 is 1.90 bits per heavy atom. The molecule has 2 aliphatic heterocycles. The fourth-order valence-corrected chi connectivity index (χ4v) is 3.89. The van der Waals surface area contributed by atoms with Gasteiger partial charge in [0.25, 0.3) is 0 Å². The van der Waals surface area contributed by atoms with Crippen LogP contribution in [0, 0.1) is 11.8 Å². The lowest BCUT2D eigenvalue weighted by Gasteiger charge is -2.59. The third kappa shape index (κ3) is 2.31. The van der Waals surface area contributed by atoms with E-state index in [1.54, 1.807) is 0 Å². The predicted molar refractivity (Wildman–Crippen MR) is 77.5 cm³/mol. The SMILES string of the molecule is CC(=O)NC1(C(=O)O)C2CC1CN(Cc1ccccc1)C2. The van der Waals surface area contributed by atoms with Crippen molar-refractivity contribution in [2.75, 3.05) is 13.1 Å². The van der Waals surface area contributed by atoms with Crippen molar-refractivity contribution in [2.24, 2.45) is 11.8 Å². The number of carbonyl (C=O) groups is 2. The van der Waals surface area contributed by atoms with Gasteiger partial charge in [0.1, 0.15) is 5.54 Å². The second-order valence-electron chi connectivity index (χ2n) is 6.16. The zero-order valence-corrected chi connectivity index (χ0v) is 12.1. The molecule has 0 spiro atoms. The van der Waals surface area contributed by atoms with E-state index >= 15 is 0 Å². The van der Waals surface area contributed by atoms with Crippen molar-refractivity contribution in [3.8, 4) is 0 Å². The highest BCUT2D eigenvalue weighted by molar-refractivity contribution is 5.88. The molecule has 3 aliphatic rings. The summed E-state index contributed by atoms with van der Waals surface area (Å²) in [4.78, 5) is 25.3. The van der Waals surface area contributed by atoms with E-state index in [2.05, 4.69) is 22.3 Å². The summed E-state index contributed by atoms with van der Waals surface area (Å²) in [7, 11) is 0. The van der Waals surface area contributed by atoms with E-state index in [-0.39, 0.29) is 17.7 Å². The van der Waals surface area contributed by atoms with Crippen LogP contribution in [-0.2, 0) is 16.1 Å². The number of hydrogen-bond donors (Lipinski definition) is 2. The zero-order valence-electron chi connectivity index (χ0n) is 12.1. The van der Waals surface area contributed by atoms with Crippen molar-refractivity contribution in [1.29, 1.82) is 0 Å². The Labute approximate surface area is 123 Å². The quantitative estimate of drug-likeness (QED) is 0.870. The van der Waals surface area contributed by atoms with Crippen molar-refractivity contribution >= 4 is 11.9 Å². The lowest BCUT2D eigenvalue weighted by atomic mass is 9.55. The monoisotopic (exact) mass is 288 g/mol. The van der Waals surface area contributed by atoms with Gasteiger partial charge < -0.3 is 10.4 Å². The highest BCUT2D eigenvalue weighted by Crippen LogP contribution is 2.49. The van der Waals surface area contributed by atoms with Crippen molar-refractivity contribution in [3.05, 3.63) is 35.9 Å². The molecule has 1 amide bonds. The first-order valence-electron chi connectivity index (χ1n) is 7.31.